The lowest BCUT2D eigenvalue weighted by atomic mass is 9.53. The number of esters is 1. The number of allylic oxidation sites excluding steroid dienone is 1. The largest absolute Gasteiger partial charge is 0.463 e. The van der Waals surface area contributed by atoms with Crippen molar-refractivity contribution in [3.05, 3.63) is 41.1 Å². The summed E-state index contributed by atoms with van der Waals surface area (Å²) in [7, 11) is 0. The number of carbonyl (C=O) groups excluding carboxylic acids is 2. The molecule has 0 radical (unpaired) electrons. The molecule has 1 aliphatic heterocycles. The summed E-state index contributed by atoms with van der Waals surface area (Å²) in [5.41, 5.74) is 2.95. The van der Waals surface area contributed by atoms with E-state index in [1.807, 2.05) is 43.0 Å². The number of nitrogens with one attached hydrogen (secondary N) is 3. The average Bonchev–Trinajstić information content (AvgIpc) is 2.78. The molecule has 3 N–H and O–H groups in total. The lowest BCUT2D eigenvalue weighted by Crippen LogP contribution is -2.60. The summed E-state index contributed by atoms with van der Waals surface area (Å²) in [5, 5.41) is 10.3. The summed E-state index contributed by atoms with van der Waals surface area (Å²) in [6.45, 7) is 6.67. The summed E-state index contributed by atoms with van der Waals surface area (Å²) in [4.78, 5) is 27.7. The number of thiocarbonyl (C=S) groups is 1. The number of rotatable bonds is 6. The molecule has 2 amide bonds. The van der Waals surface area contributed by atoms with Crippen LogP contribution in [0, 0.1) is 17.8 Å². The van der Waals surface area contributed by atoms with Crippen molar-refractivity contribution < 1.29 is 14.3 Å². The Hall–Kier alpha value is -2.61. The van der Waals surface area contributed by atoms with Crippen molar-refractivity contribution in [3.8, 4) is 0 Å². The number of carbonyl (C=O) groups is 2. The van der Waals surface area contributed by atoms with Gasteiger partial charge in [0, 0.05) is 23.5 Å². The average molecular weight is 497 g/mol. The molecule has 0 saturated heterocycles. The Morgan fingerprint density at radius 3 is 2.23 bits per heavy atom. The van der Waals surface area contributed by atoms with Crippen LogP contribution in [0.1, 0.15) is 70.9 Å². The van der Waals surface area contributed by atoms with Crippen molar-refractivity contribution in [1.29, 1.82) is 0 Å². The van der Waals surface area contributed by atoms with Gasteiger partial charge >= 0.3 is 12.0 Å². The summed E-state index contributed by atoms with van der Waals surface area (Å²) in [6, 6.07) is 7.08. The molecule has 6 rings (SSSR count). The smallest absolute Gasteiger partial charge is 0.338 e. The summed E-state index contributed by atoms with van der Waals surface area (Å²) < 4.78 is 5.35. The molecule has 7 nitrogen and oxygen atoms in total. The fraction of sp³-hybridized carbons (Fsp3) is 0.593. The van der Waals surface area contributed by atoms with Crippen LogP contribution in [-0.2, 0) is 9.53 Å². The van der Waals surface area contributed by atoms with Crippen LogP contribution in [0.5, 0.6) is 0 Å². The molecule has 4 aliphatic carbocycles. The maximum atomic E-state index is 12.9. The predicted molar refractivity (Wildman–Crippen MR) is 140 cm³/mol. The Kier molecular flexibility index (Phi) is 6.51. The van der Waals surface area contributed by atoms with Gasteiger partial charge in [-0.25, -0.2) is 9.59 Å². The second kappa shape index (κ2) is 9.45. The van der Waals surface area contributed by atoms with Gasteiger partial charge in [-0.3, -0.25) is 0 Å². The molecule has 5 aliphatic rings. The third kappa shape index (κ3) is 4.65. The van der Waals surface area contributed by atoms with Crippen LogP contribution < -0.4 is 16.0 Å². The van der Waals surface area contributed by atoms with Crippen LogP contribution in [0.4, 0.5) is 10.5 Å². The third-order valence-corrected chi connectivity index (χ3v) is 8.66. The molecular weight excluding hydrogens is 460 g/mol. The van der Waals surface area contributed by atoms with Gasteiger partial charge in [0.2, 0.25) is 0 Å². The van der Waals surface area contributed by atoms with Crippen LogP contribution in [0.15, 0.2) is 35.5 Å². The normalized spacial score (nSPS) is 31.3. The molecule has 1 aromatic carbocycles. The molecule has 4 bridgehead atoms. The molecule has 0 spiro atoms. The zero-order chi connectivity index (χ0) is 24.7. The van der Waals surface area contributed by atoms with Gasteiger partial charge in [0.1, 0.15) is 0 Å². The number of hydrogen-bond acceptors (Lipinski definition) is 4. The second-order valence-corrected chi connectivity index (χ2v) is 11.1. The number of anilines is 1. The van der Waals surface area contributed by atoms with E-state index < -0.39 is 6.04 Å². The molecule has 0 unspecified atom stereocenters. The van der Waals surface area contributed by atoms with Gasteiger partial charge in [-0.15, -0.1) is 0 Å². The molecule has 188 valence electrons. The lowest BCUT2D eigenvalue weighted by Gasteiger charge is -2.56. The maximum Gasteiger partial charge on any atom is 0.338 e. The van der Waals surface area contributed by atoms with Gasteiger partial charge in [0.25, 0.3) is 0 Å². The molecule has 0 aromatic heterocycles. The quantitative estimate of drug-likeness (QED) is 0.385. The van der Waals surface area contributed by atoms with Crippen LogP contribution in [-0.4, -0.2) is 40.7 Å². The van der Waals surface area contributed by atoms with E-state index in [4.69, 9.17) is 17.0 Å². The number of hydrogen-bond donors (Lipinski definition) is 3. The monoisotopic (exact) mass is 496 g/mol. The van der Waals surface area contributed by atoms with Crippen LogP contribution >= 0.6 is 12.2 Å². The lowest BCUT2D eigenvalue weighted by molar-refractivity contribution is -0.139. The highest BCUT2D eigenvalue weighted by Gasteiger charge is 2.51. The van der Waals surface area contributed by atoms with Crippen molar-refractivity contribution in [2.45, 2.75) is 70.9 Å². The molecule has 1 atom stereocenters. The van der Waals surface area contributed by atoms with E-state index in [9.17, 15) is 9.59 Å². The van der Waals surface area contributed by atoms with E-state index >= 15 is 0 Å². The molecular formula is C27H36N4O3S. The first kappa shape index (κ1) is 24.1. The summed E-state index contributed by atoms with van der Waals surface area (Å²) in [5.74, 6) is 2.00. The Morgan fingerprint density at radius 2 is 1.69 bits per heavy atom. The maximum absolute atomic E-state index is 12.9. The van der Waals surface area contributed by atoms with Crippen molar-refractivity contribution in [2.75, 3.05) is 18.5 Å². The highest BCUT2D eigenvalue weighted by molar-refractivity contribution is 7.80. The van der Waals surface area contributed by atoms with Gasteiger partial charge in [0.15, 0.2) is 5.11 Å². The van der Waals surface area contributed by atoms with Gasteiger partial charge in [0.05, 0.1) is 18.2 Å². The SMILES string of the molecule is CCOC(=O)C1=C(C)N(CC)C(=S)N[C@H]1c1ccc(NC(=O)NC23CC4CC(CC(C4)C2)C3)cc1. The first-order valence-electron chi connectivity index (χ1n) is 13.0. The Bertz CT molecular complexity index is 1020. The predicted octanol–water partition coefficient (Wildman–Crippen LogP) is 4.87. The molecule has 1 heterocycles. The second-order valence-electron chi connectivity index (χ2n) is 10.7. The van der Waals surface area contributed by atoms with E-state index in [2.05, 4.69) is 16.0 Å². The fourth-order valence-electron chi connectivity index (χ4n) is 7.31. The zero-order valence-corrected chi connectivity index (χ0v) is 21.7. The van der Waals surface area contributed by atoms with Gasteiger partial charge in [-0.1, -0.05) is 12.1 Å². The number of benzene rings is 1. The van der Waals surface area contributed by atoms with Crippen molar-refractivity contribution in [2.24, 2.45) is 17.8 Å². The van der Waals surface area contributed by atoms with Crippen LogP contribution in [0.2, 0.25) is 0 Å². The Morgan fingerprint density at radius 1 is 1.09 bits per heavy atom. The number of ether oxygens (including phenoxy) is 1. The van der Waals surface area contributed by atoms with Crippen molar-refractivity contribution >= 4 is 35.0 Å². The topological polar surface area (TPSA) is 82.7 Å². The van der Waals surface area contributed by atoms with Gasteiger partial charge in [-0.05, 0) is 107 Å². The number of nitrogens with zero attached hydrogens (tertiary/aromatic N) is 1. The van der Waals surface area contributed by atoms with E-state index in [1.54, 1.807) is 6.92 Å². The highest BCUT2D eigenvalue weighted by atomic mass is 32.1. The number of urea groups is 1. The Balaban J connectivity index is 1.29. The van der Waals surface area contributed by atoms with E-state index in [1.165, 1.54) is 19.3 Å². The Labute approximate surface area is 213 Å². The van der Waals surface area contributed by atoms with E-state index in [0.717, 1.165) is 54.0 Å². The van der Waals surface area contributed by atoms with Crippen LogP contribution in [0.3, 0.4) is 0 Å². The molecule has 1 aromatic rings. The minimum atomic E-state index is -0.403. The molecule has 4 fully saturated rings. The minimum Gasteiger partial charge on any atom is -0.463 e. The summed E-state index contributed by atoms with van der Waals surface area (Å²) >= 11 is 5.55. The van der Waals surface area contributed by atoms with Crippen molar-refractivity contribution in [1.82, 2.24) is 15.5 Å². The molecule has 8 heteroatoms. The number of amides is 2. The third-order valence-electron chi connectivity index (χ3n) is 8.33. The first-order valence-corrected chi connectivity index (χ1v) is 13.4. The minimum absolute atomic E-state index is 0.0253. The van der Waals surface area contributed by atoms with E-state index in [0.29, 0.717) is 23.8 Å². The first-order chi connectivity index (χ1) is 16.8. The molecule has 4 saturated carbocycles. The zero-order valence-electron chi connectivity index (χ0n) is 20.9. The standard InChI is InChI=1S/C27H36N4O3S/c1-4-31-16(3)22(24(32)34-5-2)23(29-26(31)35)20-6-8-21(9-7-20)28-25(33)30-27-13-17-10-18(14-27)12-19(11-17)15-27/h6-9,17-19,23H,4-5,10-15H2,1-3H3,(H,29,35)(H2,28,30,33)/t17?,18?,19?,23-,27?/m0/s1. The summed E-state index contributed by atoms with van der Waals surface area (Å²) in [6.07, 6.45) is 7.41. The molecule has 35 heavy (non-hydrogen) atoms. The fourth-order valence-corrected chi connectivity index (χ4v) is 7.70. The van der Waals surface area contributed by atoms with Gasteiger partial charge in [-0.2, -0.15) is 0 Å². The van der Waals surface area contributed by atoms with Crippen molar-refractivity contribution in [3.63, 3.8) is 0 Å². The van der Waals surface area contributed by atoms with E-state index in [-0.39, 0.29) is 17.5 Å². The highest BCUT2D eigenvalue weighted by Crippen LogP contribution is 2.55. The van der Waals surface area contributed by atoms with Crippen LogP contribution in [0.25, 0.3) is 0 Å². The van der Waals surface area contributed by atoms with Gasteiger partial charge < -0.3 is 25.6 Å².